The first-order valence-corrected chi connectivity index (χ1v) is 9.63. The highest BCUT2D eigenvalue weighted by Gasteiger charge is 2.35. The predicted molar refractivity (Wildman–Crippen MR) is 103 cm³/mol. The third kappa shape index (κ3) is 3.75. The van der Waals surface area contributed by atoms with Crippen molar-refractivity contribution in [3.05, 3.63) is 70.0 Å². The minimum atomic E-state index is -0.782. The van der Waals surface area contributed by atoms with Crippen molar-refractivity contribution >= 4 is 23.5 Å². The van der Waals surface area contributed by atoms with Crippen LogP contribution in [0, 0.1) is 5.82 Å². The molecule has 0 saturated carbocycles. The Bertz CT molecular complexity index is 892. The number of carbonyl (C=O) groups is 2. The van der Waals surface area contributed by atoms with Gasteiger partial charge in [0.25, 0.3) is 5.91 Å². The van der Waals surface area contributed by atoms with Gasteiger partial charge in [0.05, 0.1) is 5.56 Å². The van der Waals surface area contributed by atoms with Gasteiger partial charge in [0.2, 0.25) is 0 Å². The summed E-state index contributed by atoms with van der Waals surface area (Å²) in [7, 11) is 0. The minimum absolute atomic E-state index is 0.175. The largest absolute Gasteiger partial charge is 0.448 e. The molecule has 0 bridgehead atoms. The van der Waals surface area contributed by atoms with Crippen molar-refractivity contribution < 1.29 is 18.7 Å². The van der Waals surface area contributed by atoms with E-state index in [1.54, 1.807) is 29.2 Å². The van der Waals surface area contributed by atoms with E-state index in [2.05, 4.69) is 4.90 Å². The first kappa shape index (κ1) is 18.9. The number of hydrogen-bond donors (Lipinski definition) is 0. The lowest BCUT2D eigenvalue weighted by molar-refractivity contribution is -0.143. The Morgan fingerprint density at radius 3 is 2.61 bits per heavy atom. The molecule has 7 heteroatoms. The SMILES string of the molecule is O=C1O[C@H](C(=O)N2CCN(Cc3c(F)cccc3Cl)CC2)Cc2ccccc21. The molecular formula is C21H20ClFN2O3. The van der Waals surface area contributed by atoms with Crippen LogP contribution in [0.15, 0.2) is 42.5 Å². The Balaban J connectivity index is 1.36. The van der Waals surface area contributed by atoms with E-state index >= 15 is 0 Å². The van der Waals surface area contributed by atoms with Gasteiger partial charge in [-0.3, -0.25) is 9.69 Å². The molecule has 2 aromatic rings. The highest BCUT2D eigenvalue weighted by atomic mass is 35.5. The van der Waals surface area contributed by atoms with E-state index in [9.17, 15) is 14.0 Å². The summed E-state index contributed by atoms with van der Waals surface area (Å²) in [6.07, 6.45) is -0.388. The Kier molecular flexibility index (Phi) is 5.33. The monoisotopic (exact) mass is 402 g/mol. The Morgan fingerprint density at radius 2 is 1.86 bits per heavy atom. The number of halogens is 2. The molecule has 28 heavy (non-hydrogen) atoms. The number of fused-ring (bicyclic) bond motifs is 1. The summed E-state index contributed by atoms with van der Waals surface area (Å²) < 4.78 is 19.4. The van der Waals surface area contributed by atoms with Crippen LogP contribution in [0.5, 0.6) is 0 Å². The van der Waals surface area contributed by atoms with Crippen LogP contribution in [0.4, 0.5) is 4.39 Å². The molecule has 0 unspecified atom stereocenters. The van der Waals surface area contributed by atoms with E-state index in [4.69, 9.17) is 16.3 Å². The van der Waals surface area contributed by atoms with Crippen molar-refractivity contribution in [3.8, 4) is 0 Å². The van der Waals surface area contributed by atoms with Crippen molar-refractivity contribution in [2.75, 3.05) is 26.2 Å². The molecule has 0 aliphatic carbocycles. The van der Waals surface area contributed by atoms with E-state index in [0.29, 0.717) is 55.3 Å². The maximum atomic E-state index is 14.0. The fraction of sp³-hybridized carbons (Fsp3) is 0.333. The van der Waals surface area contributed by atoms with Gasteiger partial charge in [-0.25, -0.2) is 9.18 Å². The molecular weight excluding hydrogens is 383 g/mol. The maximum Gasteiger partial charge on any atom is 0.339 e. The second-order valence-electron chi connectivity index (χ2n) is 7.06. The van der Waals surface area contributed by atoms with Gasteiger partial charge in [-0.1, -0.05) is 35.9 Å². The number of carbonyl (C=O) groups excluding carboxylic acids is 2. The van der Waals surface area contributed by atoms with Crippen LogP contribution in [0.25, 0.3) is 0 Å². The molecule has 1 amide bonds. The molecule has 1 saturated heterocycles. The summed E-state index contributed by atoms with van der Waals surface area (Å²) >= 11 is 6.10. The van der Waals surface area contributed by atoms with Gasteiger partial charge in [-0.2, -0.15) is 0 Å². The molecule has 2 aromatic carbocycles. The summed E-state index contributed by atoms with van der Waals surface area (Å²) in [6, 6.07) is 11.9. The van der Waals surface area contributed by atoms with E-state index in [-0.39, 0.29) is 11.7 Å². The number of esters is 1. The summed E-state index contributed by atoms with van der Waals surface area (Å²) in [6.45, 7) is 2.61. The van der Waals surface area contributed by atoms with Crippen LogP contribution in [0.2, 0.25) is 5.02 Å². The lowest BCUT2D eigenvalue weighted by atomic mass is 9.98. The third-order valence-electron chi connectivity index (χ3n) is 5.29. The Hall–Kier alpha value is -2.44. The molecule has 0 radical (unpaired) electrons. The quantitative estimate of drug-likeness (QED) is 0.741. The molecule has 2 aliphatic rings. The van der Waals surface area contributed by atoms with Crippen LogP contribution in [0.3, 0.4) is 0 Å². The second kappa shape index (κ2) is 7.89. The van der Waals surface area contributed by atoms with Crippen LogP contribution in [-0.2, 0) is 22.5 Å². The van der Waals surface area contributed by atoms with E-state index in [1.807, 2.05) is 12.1 Å². The first-order chi connectivity index (χ1) is 13.5. The molecule has 1 fully saturated rings. The Morgan fingerprint density at radius 1 is 1.11 bits per heavy atom. The predicted octanol–water partition coefficient (Wildman–Crippen LogP) is 2.91. The number of nitrogens with zero attached hydrogens (tertiary/aromatic N) is 2. The lowest BCUT2D eigenvalue weighted by Crippen LogP contribution is -2.52. The average Bonchev–Trinajstić information content (AvgIpc) is 2.71. The normalized spacial score (nSPS) is 19.9. The highest BCUT2D eigenvalue weighted by molar-refractivity contribution is 6.31. The van der Waals surface area contributed by atoms with Gasteiger partial charge >= 0.3 is 5.97 Å². The number of cyclic esters (lactones) is 1. The number of hydrogen-bond acceptors (Lipinski definition) is 4. The van der Waals surface area contributed by atoms with Crippen molar-refractivity contribution in [1.82, 2.24) is 9.80 Å². The van der Waals surface area contributed by atoms with Crippen molar-refractivity contribution in [2.24, 2.45) is 0 Å². The molecule has 2 heterocycles. The van der Waals surface area contributed by atoms with Gasteiger partial charge < -0.3 is 9.64 Å². The zero-order valence-electron chi connectivity index (χ0n) is 15.2. The second-order valence-corrected chi connectivity index (χ2v) is 7.46. The van der Waals surface area contributed by atoms with Crippen molar-refractivity contribution in [1.29, 1.82) is 0 Å². The maximum absolute atomic E-state index is 14.0. The van der Waals surface area contributed by atoms with Crippen LogP contribution < -0.4 is 0 Å². The van der Waals surface area contributed by atoms with Crippen LogP contribution in [-0.4, -0.2) is 54.0 Å². The lowest BCUT2D eigenvalue weighted by Gasteiger charge is -2.37. The van der Waals surface area contributed by atoms with Gasteiger partial charge in [0.15, 0.2) is 6.10 Å². The topological polar surface area (TPSA) is 49.9 Å². The highest BCUT2D eigenvalue weighted by Crippen LogP contribution is 2.24. The van der Waals surface area contributed by atoms with Gasteiger partial charge in [0.1, 0.15) is 5.82 Å². The van der Waals surface area contributed by atoms with Crippen molar-refractivity contribution in [3.63, 3.8) is 0 Å². The number of amides is 1. The van der Waals surface area contributed by atoms with E-state index in [0.717, 1.165) is 5.56 Å². The van der Waals surface area contributed by atoms with Crippen LogP contribution >= 0.6 is 11.6 Å². The zero-order chi connectivity index (χ0) is 19.7. The summed E-state index contributed by atoms with van der Waals surface area (Å²) in [5.41, 5.74) is 1.84. The summed E-state index contributed by atoms with van der Waals surface area (Å²) in [5, 5.41) is 0.409. The molecule has 4 rings (SSSR count). The number of ether oxygens (including phenoxy) is 1. The fourth-order valence-electron chi connectivity index (χ4n) is 3.71. The van der Waals surface area contributed by atoms with Gasteiger partial charge in [0, 0.05) is 49.7 Å². The minimum Gasteiger partial charge on any atom is -0.448 e. The van der Waals surface area contributed by atoms with Crippen molar-refractivity contribution in [2.45, 2.75) is 19.1 Å². The average molecular weight is 403 g/mol. The fourth-order valence-corrected chi connectivity index (χ4v) is 3.93. The number of piperazine rings is 1. The molecule has 0 N–H and O–H groups in total. The smallest absolute Gasteiger partial charge is 0.339 e. The zero-order valence-corrected chi connectivity index (χ0v) is 16.0. The number of benzene rings is 2. The first-order valence-electron chi connectivity index (χ1n) is 9.26. The molecule has 5 nitrogen and oxygen atoms in total. The Labute approximate surface area is 167 Å². The molecule has 0 aromatic heterocycles. The number of rotatable bonds is 3. The summed E-state index contributed by atoms with van der Waals surface area (Å²) in [4.78, 5) is 28.8. The standard InChI is InChI=1S/C21H20ClFN2O3/c22-17-6-3-7-18(23)16(17)13-24-8-10-25(11-9-24)20(26)19-12-14-4-1-2-5-15(14)21(27)28-19/h1-7,19H,8-13H2/t19-/m0/s1. The third-order valence-corrected chi connectivity index (χ3v) is 5.65. The molecule has 2 aliphatic heterocycles. The van der Waals surface area contributed by atoms with Gasteiger partial charge in [-0.05, 0) is 23.8 Å². The van der Waals surface area contributed by atoms with E-state index in [1.165, 1.54) is 6.07 Å². The molecule has 0 spiro atoms. The summed E-state index contributed by atoms with van der Waals surface area (Å²) in [5.74, 6) is -0.946. The van der Waals surface area contributed by atoms with Crippen LogP contribution in [0.1, 0.15) is 21.5 Å². The van der Waals surface area contributed by atoms with Gasteiger partial charge in [-0.15, -0.1) is 0 Å². The van der Waals surface area contributed by atoms with E-state index < -0.39 is 12.1 Å². The molecule has 1 atom stereocenters. The molecule has 146 valence electrons.